The highest BCUT2D eigenvalue weighted by Crippen LogP contribution is 1.95. The molecule has 1 atom stereocenters. The van der Waals surface area contributed by atoms with Gasteiger partial charge in [-0.05, 0) is 19.8 Å². The highest BCUT2D eigenvalue weighted by molar-refractivity contribution is 5.75. The zero-order valence-electron chi connectivity index (χ0n) is 10.7. The second-order valence-electron chi connectivity index (χ2n) is 3.36. The van der Waals surface area contributed by atoms with Crippen LogP contribution in [0.5, 0.6) is 0 Å². The van der Waals surface area contributed by atoms with Crippen molar-refractivity contribution in [3.63, 3.8) is 0 Å². The molecule has 18 heavy (non-hydrogen) atoms. The number of esters is 1. The van der Waals surface area contributed by atoms with Crippen LogP contribution in [0.2, 0.25) is 0 Å². The second-order valence-corrected chi connectivity index (χ2v) is 3.36. The summed E-state index contributed by atoms with van der Waals surface area (Å²) >= 11 is 0. The van der Waals surface area contributed by atoms with Crippen LogP contribution in [-0.2, 0) is 14.3 Å². The van der Waals surface area contributed by atoms with Crippen LogP contribution >= 0.6 is 0 Å². The van der Waals surface area contributed by atoms with Gasteiger partial charge in [-0.15, -0.1) is 0 Å². The fraction of sp³-hybridized carbons (Fsp3) is 0.700. The van der Waals surface area contributed by atoms with Crippen molar-refractivity contribution >= 4 is 17.9 Å². The standard InChI is InChI=1S/C8H18N4O2.C2H4O2/c1-2-14-7(13)6(9)4-3-5-12-8(10)11;1-2(3)4/h6H,2-5,9H2,1H3,(H4,10,11,12);1H3,(H,3,4)/t6-;/m0./s1. The monoisotopic (exact) mass is 262 g/mol. The summed E-state index contributed by atoms with van der Waals surface area (Å²) in [6, 6.07) is -0.580. The van der Waals surface area contributed by atoms with Crippen molar-refractivity contribution < 1.29 is 19.4 Å². The van der Waals surface area contributed by atoms with E-state index in [-0.39, 0.29) is 11.9 Å². The molecule has 0 radical (unpaired) electrons. The lowest BCUT2D eigenvalue weighted by Crippen LogP contribution is -2.35. The number of carbonyl (C=O) groups is 2. The summed E-state index contributed by atoms with van der Waals surface area (Å²) in [4.78, 5) is 20.0. The molecule has 0 saturated carbocycles. The SMILES string of the molecule is CC(=O)O.CCOC(=O)[C@@H](N)CCCNC(=N)N. The van der Waals surface area contributed by atoms with E-state index in [0.717, 1.165) is 6.92 Å². The fourth-order valence-corrected chi connectivity index (χ4v) is 0.912. The summed E-state index contributed by atoms with van der Waals surface area (Å²) in [6.45, 7) is 3.71. The quantitative estimate of drug-likeness (QED) is 0.182. The van der Waals surface area contributed by atoms with Crippen LogP contribution in [0.4, 0.5) is 0 Å². The van der Waals surface area contributed by atoms with Gasteiger partial charge in [0.2, 0.25) is 0 Å². The van der Waals surface area contributed by atoms with Gasteiger partial charge in [-0.25, -0.2) is 0 Å². The largest absolute Gasteiger partial charge is 0.481 e. The molecule has 8 heteroatoms. The molecular weight excluding hydrogens is 240 g/mol. The number of hydrogen-bond donors (Lipinski definition) is 5. The Morgan fingerprint density at radius 3 is 2.39 bits per heavy atom. The van der Waals surface area contributed by atoms with Crippen LogP contribution in [0.1, 0.15) is 26.7 Å². The first-order valence-corrected chi connectivity index (χ1v) is 5.50. The average molecular weight is 262 g/mol. The summed E-state index contributed by atoms with van der Waals surface area (Å²) in [5.74, 6) is -1.29. The molecule has 0 bridgehead atoms. The first-order chi connectivity index (χ1) is 8.31. The van der Waals surface area contributed by atoms with Crippen molar-refractivity contribution in [1.29, 1.82) is 5.41 Å². The third-order valence-electron chi connectivity index (χ3n) is 1.60. The molecule has 0 aliphatic carbocycles. The molecule has 0 unspecified atom stereocenters. The maximum Gasteiger partial charge on any atom is 0.322 e. The number of carboxylic acid groups (broad SMARTS) is 1. The van der Waals surface area contributed by atoms with Crippen molar-refractivity contribution in [2.45, 2.75) is 32.7 Å². The van der Waals surface area contributed by atoms with Crippen LogP contribution in [0, 0.1) is 5.41 Å². The molecule has 0 heterocycles. The number of guanidine groups is 1. The molecule has 8 nitrogen and oxygen atoms in total. The number of nitrogens with two attached hydrogens (primary N) is 2. The zero-order chi connectivity index (χ0) is 14.6. The average Bonchev–Trinajstić information content (AvgIpc) is 2.23. The van der Waals surface area contributed by atoms with Crippen molar-refractivity contribution in [2.24, 2.45) is 11.5 Å². The van der Waals surface area contributed by atoms with E-state index < -0.39 is 12.0 Å². The first kappa shape index (κ1) is 18.5. The molecule has 0 aromatic carbocycles. The number of nitrogens with one attached hydrogen (secondary N) is 2. The van der Waals surface area contributed by atoms with Crippen molar-refractivity contribution in [1.82, 2.24) is 5.32 Å². The van der Waals surface area contributed by atoms with Crippen LogP contribution < -0.4 is 16.8 Å². The van der Waals surface area contributed by atoms with Gasteiger partial charge in [0.25, 0.3) is 5.97 Å². The van der Waals surface area contributed by atoms with Crippen molar-refractivity contribution in [3.05, 3.63) is 0 Å². The third kappa shape index (κ3) is 16.6. The highest BCUT2D eigenvalue weighted by atomic mass is 16.5. The molecule has 0 aliphatic heterocycles. The molecule has 0 aliphatic rings. The molecule has 106 valence electrons. The number of rotatable bonds is 6. The summed E-state index contributed by atoms with van der Waals surface area (Å²) in [6.07, 6.45) is 1.21. The van der Waals surface area contributed by atoms with E-state index in [0.29, 0.717) is 26.0 Å². The zero-order valence-corrected chi connectivity index (χ0v) is 10.7. The van der Waals surface area contributed by atoms with Gasteiger partial charge >= 0.3 is 5.97 Å². The summed E-state index contributed by atoms with van der Waals surface area (Å²) in [7, 11) is 0. The maximum absolute atomic E-state index is 11.0. The Bertz CT molecular complexity index is 267. The fourth-order valence-electron chi connectivity index (χ4n) is 0.912. The van der Waals surface area contributed by atoms with E-state index >= 15 is 0 Å². The molecule has 0 spiro atoms. The van der Waals surface area contributed by atoms with Gasteiger partial charge in [0.15, 0.2) is 5.96 Å². The summed E-state index contributed by atoms with van der Waals surface area (Å²) in [5.41, 5.74) is 10.6. The topological polar surface area (TPSA) is 152 Å². The Morgan fingerprint density at radius 2 is 2.00 bits per heavy atom. The number of carbonyl (C=O) groups excluding carboxylic acids is 1. The summed E-state index contributed by atoms with van der Waals surface area (Å²) < 4.78 is 4.73. The van der Waals surface area contributed by atoms with Gasteiger partial charge in [0, 0.05) is 13.5 Å². The Hall–Kier alpha value is -1.83. The lowest BCUT2D eigenvalue weighted by molar-refractivity contribution is -0.144. The number of carboxylic acids is 1. The Balaban J connectivity index is 0. The van der Waals surface area contributed by atoms with Gasteiger partial charge in [-0.1, -0.05) is 0 Å². The third-order valence-corrected chi connectivity index (χ3v) is 1.60. The van der Waals surface area contributed by atoms with Crippen LogP contribution in [0.3, 0.4) is 0 Å². The van der Waals surface area contributed by atoms with E-state index in [1.165, 1.54) is 0 Å². The van der Waals surface area contributed by atoms with Gasteiger partial charge in [-0.3, -0.25) is 15.0 Å². The molecule has 0 fully saturated rings. The first-order valence-electron chi connectivity index (χ1n) is 5.50. The molecule has 0 amide bonds. The lowest BCUT2D eigenvalue weighted by atomic mass is 10.2. The normalized spacial score (nSPS) is 10.6. The molecule has 0 aromatic heterocycles. The predicted octanol–water partition coefficient (Wildman–Crippen LogP) is -0.769. The number of aliphatic carboxylic acids is 1. The number of ether oxygens (including phenoxy) is 1. The van der Waals surface area contributed by atoms with E-state index in [4.69, 9.17) is 31.5 Å². The van der Waals surface area contributed by atoms with E-state index in [1.807, 2.05) is 0 Å². The summed E-state index contributed by atoms with van der Waals surface area (Å²) in [5, 5.41) is 16.9. The van der Waals surface area contributed by atoms with E-state index in [2.05, 4.69) is 5.32 Å². The minimum atomic E-state index is -0.833. The maximum atomic E-state index is 11.0. The second kappa shape index (κ2) is 11.6. The van der Waals surface area contributed by atoms with Crippen LogP contribution in [0.15, 0.2) is 0 Å². The van der Waals surface area contributed by atoms with E-state index in [9.17, 15) is 4.79 Å². The molecule has 0 saturated heterocycles. The van der Waals surface area contributed by atoms with Gasteiger partial charge in [0.1, 0.15) is 6.04 Å². The van der Waals surface area contributed by atoms with E-state index in [1.54, 1.807) is 6.92 Å². The van der Waals surface area contributed by atoms with Crippen molar-refractivity contribution in [3.8, 4) is 0 Å². The Kier molecular flexibility index (Phi) is 12.0. The predicted molar refractivity (Wildman–Crippen MR) is 67.1 cm³/mol. The minimum Gasteiger partial charge on any atom is -0.481 e. The highest BCUT2D eigenvalue weighted by Gasteiger charge is 2.13. The molecule has 7 N–H and O–H groups in total. The Morgan fingerprint density at radius 1 is 1.50 bits per heavy atom. The van der Waals surface area contributed by atoms with Crippen molar-refractivity contribution in [2.75, 3.05) is 13.2 Å². The minimum absolute atomic E-state index is 0.0743. The van der Waals surface area contributed by atoms with Crippen LogP contribution in [0.25, 0.3) is 0 Å². The molecule has 0 aromatic rings. The molecular formula is C10H22N4O4. The lowest BCUT2D eigenvalue weighted by Gasteiger charge is -2.10. The van der Waals surface area contributed by atoms with Crippen LogP contribution in [-0.4, -0.2) is 42.2 Å². The van der Waals surface area contributed by atoms with Gasteiger partial charge < -0.3 is 26.6 Å². The van der Waals surface area contributed by atoms with Gasteiger partial charge in [0.05, 0.1) is 6.61 Å². The number of hydrogen-bond acceptors (Lipinski definition) is 5. The smallest absolute Gasteiger partial charge is 0.322 e. The Labute approximate surface area is 106 Å². The van der Waals surface area contributed by atoms with Gasteiger partial charge in [-0.2, -0.15) is 0 Å². The molecule has 0 rings (SSSR count).